The van der Waals surface area contributed by atoms with Crippen LogP contribution < -0.4 is 9.64 Å². The maximum absolute atomic E-state index is 13.5. The summed E-state index contributed by atoms with van der Waals surface area (Å²) in [6, 6.07) is 20.8. The Morgan fingerprint density at radius 3 is 2.33 bits per heavy atom. The van der Waals surface area contributed by atoms with Crippen LogP contribution in [0.25, 0.3) is 0 Å². The molecule has 1 atom stereocenters. The van der Waals surface area contributed by atoms with Crippen molar-refractivity contribution in [3.05, 3.63) is 130 Å². The second kappa shape index (κ2) is 16.2. The van der Waals surface area contributed by atoms with Crippen molar-refractivity contribution in [1.82, 2.24) is 4.90 Å². The summed E-state index contributed by atoms with van der Waals surface area (Å²) in [6.07, 6.45) is 11.4. The van der Waals surface area contributed by atoms with Crippen molar-refractivity contribution in [3.63, 3.8) is 0 Å². The molecule has 1 amide bonds. The van der Waals surface area contributed by atoms with Crippen molar-refractivity contribution in [2.24, 2.45) is 0 Å². The number of piperazine rings is 1. The molecule has 0 spiro atoms. The third kappa shape index (κ3) is 8.66. The minimum atomic E-state index is -0.0953. The predicted octanol–water partition coefficient (Wildman–Crippen LogP) is 9.33. The fourth-order valence-electron chi connectivity index (χ4n) is 4.42. The predicted molar refractivity (Wildman–Crippen MR) is 170 cm³/mol. The van der Waals surface area contributed by atoms with Crippen molar-refractivity contribution in [2.45, 2.75) is 33.2 Å². The smallest absolute Gasteiger partial charge is 0.227 e. The lowest BCUT2D eigenvalue weighted by Crippen LogP contribution is -2.51. The Morgan fingerprint density at radius 2 is 1.60 bits per heavy atom. The monoisotopic (exact) mass is 596 g/mol. The molecule has 7 heteroatoms. The SMILES string of the molecule is CC.C\C=C/C=C\C=C\Oc1ccccc1CC(=O)N1CCN(c2ccc(Cl)cc2Cl)C(c2ccc(Cl)cc2)C1. The Labute approximate surface area is 253 Å². The number of ether oxygens (including phenoxy) is 1. The number of hydrogen-bond donors (Lipinski definition) is 0. The van der Waals surface area contributed by atoms with Crippen LogP contribution in [0.2, 0.25) is 15.1 Å². The Hall–Kier alpha value is -3.18. The quantitative estimate of drug-likeness (QED) is 0.192. The summed E-state index contributed by atoms with van der Waals surface area (Å²) < 4.78 is 5.83. The molecule has 0 N–H and O–H groups in total. The number of benzene rings is 3. The van der Waals surface area contributed by atoms with Gasteiger partial charge >= 0.3 is 0 Å². The lowest BCUT2D eigenvalue weighted by molar-refractivity contribution is -0.131. The van der Waals surface area contributed by atoms with Crippen molar-refractivity contribution < 1.29 is 9.53 Å². The highest BCUT2D eigenvalue weighted by Gasteiger charge is 2.32. The fraction of sp³-hybridized carbons (Fsp3) is 0.242. The Morgan fingerprint density at radius 1 is 0.900 bits per heavy atom. The van der Waals surface area contributed by atoms with Gasteiger partial charge in [-0.1, -0.05) is 103 Å². The lowest BCUT2D eigenvalue weighted by atomic mass is 10.0. The van der Waals surface area contributed by atoms with Crippen LogP contribution in [0.15, 0.2) is 103 Å². The van der Waals surface area contributed by atoms with E-state index in [1.165, 1.54) is 0 Å². The van der Waals surface area contributed by atoms with E-state index >= 15 is 0 Å². The summed E-state index contributed by atoms with van der Waals surface area (Å²) in [6.45, 7) is 7.67. The first-order valence-electron chi connectivity index (χ1n) is 13.4. The van der Waals surface area contributed by atoms with Crippen LogP contribution in [-0.4, -0.2) is 30.4 Å². The van der Waals surface area contributed by atoms with Crippen molar-refractivity contribution in [1.29, 1.82) is 0 Å². The van der Waals surface area contributed by atoms with E-state index < -0.39 is 0 Å². The third-order valence-corrected chi connectivity index (χ3v) is 7.11. The highest BCUT2D eigenvalue weighted by Crippen LogP contribution is 2.37. The lowest BCUT2D eigenvalue weighted by Gasteiger charge is -2.43. The molecule has 1 unspecified atom stereocenters. The molecule has 0 aliphatic carbocycles. The molecule has 1 heterocycles. The molecule has 1 fully saturated rings. The van der Waals surface area contributed by atoms with Crippen LogP contribution >= 0.6 is 34.8 Å². The van der Waals surface area contributed by atoms with Gasteiger partial charge in [-0.05, 0) is 55.0 Å². The van der Waals surface area contributed by atoms with Gasteiger partial charge in [0.05, 0.1) is 29.4 Å². The highest BCUT2D eigenvalue weighted by atomic mass is 35.5. The van der Waals surface area contributed by atoms with E-state index in [0.717, 1.165) is 16.8 Å². The molecule has 0 aromatic heterocycles. The van der Waals surface area contributed by atoms with Crippen LogP contribution in [-0.2, 0) is 11.2 Å². The van der Waals surface area contributed by atoms with Gasteiger partial charge in [-0.2, -0.15) is 0 Å². The van der Waals surface area contributed by atoms with Crippen LogP contribution in [0.4, 0.5) is 5.69 Å². The Kier molecular flexibility index (Phi) is 12.7. The molecule has 4 rings (SSSR count). The Balaban J connectivity index is 0.00000216. The van der Waals surface area contributed by atoms with Crippen molar-refractivity contribution in [3.8, 4) is 5.75 Å². The number of halogens is 3. The first kappa shape index (κ1) is 31.3. The average Bonchev–Trinajstić information content (AvgIpc) is 2.97. The molecule has 4 nitrogen and oxygen atoms in total. The number of rotatable bonds is 8. The third-order valence-electron chi connectivity index (χ3n) is 6.32. The standard InChI is InChI=1S/C31H29Cl3N2O2.C2H6/c1-2-3-4-5-8-19-38-30-10-7-6-9-24(30)20-31(37)35-17-18-36(28-16-15-26(33)21-27(28)34)29(22-35)23-11-13-25(32)14-12-23;1-2/h2-16,19,21,29H,17-18,20,22H2,1H3;1-2H3/b3-2-,5-4-,19-8+;. The number of amides is 1. The maximum Gasteiger partial charge on any atom is 0.227 e. The van der Waals surface area contributed by atoms with Gasteiger partial charge in [-0.25, -0.2) is 0 Å². The number of carbonyl (C=O) groups is 1. The molecule has 40 heavy (non-hydrogen) atoms. The van der Waals surface area contributed by atoms with Crippen molar-refractivity contribution >= 4 is 46.4 Å². The molecule has 0 saturated carbocycles. The van der Waals surface area contributed by atoms with E-state index in [1.54, 1.807) is 12.3 Å². The maximum atomic E-state index is 13.5. The summed E-state index contributed by atoms with van der Waals surface area (Å²) in [5, 5.41) is 1.83. The fourth-order valence-corrected chi connectivity index (χ4v) is 5.06. The van der Waals surface area contributed by atoms with Crippen LogP contribution in [0.5, 0.6) is 5.75 Å². The molecule has 3 aromatic carbocycles. The molecule has 1 aliphatic heterocycles. The number of para-hydroxylation sites is 1. The van der Waals surface area contributed by atoms with E-state index in [2.05, 4.69) is 4.90 Å². The molecule has 1 aliphatic rings. The van der Waals surface area contributed by atoms with Gasteiger partial charge in [0.2, 0.25) is 5.91 Å². The minimum absolute atomic E-state index is 0.0406. The first-order chi connectivity index (χ1) is 19.5. The topological polar surface area (TPSA) is 32.8 Å². The summed E-state index contributed by atoms with van der Waals surface area (Å²) in [7, 11) is 0. The van der Waals surface area contributed by atoms with Gasteiger partial charge in [-0.15, -0.1) is 0 Å². The second-order valence-electron chi connectivity index (χ2n) is 8.84. The molecular weight excluding hydrogens is 563 g/mol. The van der Waals surface area contributed by atoms with Gasteiger partial charge in [-0.3, -0.25) is 4.79 Å². The average molecular weight is 598 g/mol. The van der Waals surface area contributed by atoms with Crippen LogP contribution in [0.3, 0.4) is 0 Å². The zero-order valence-electron chi connectivity index (χ0n) is 23.1. The highest BCUT2D eigenvalue weighted by molar-refractivity contribution is 6.36. The van der Waals surface area contributed by atoms with Gasteiger partial charge in [0, 0.05) is 35.2 Å². The van der Waals surface area contributed by atoms with E-state index in [9.17, 15) is 4.79 Å². The molecular formula is C33H35Cl3N2O2. The summed E-state index contributed by atoms with van der Waals surface area (Å²) in [5.41, 5.74) is 2.78. The van der Waals surface area contributed by atoms with Crippen LogP contribution in [0.1, 0.15) is 37.9 Å². The number of allylic oxidation sites excluding steroid dienone is 5. The zero-order valence-corrected chi connectivity index (χ0v) is 25.3. The number of anilines is 1. The summed E-state index contributed by atoms with van der Waals surface area (Å²) >= 11 is 18.9. The van der Waals surface area contributed by atoms with Gasteiger partial charge in [0.25, 0.3) is 0 Å². The molecule has 0 bridgehead atoms. The van der Waals surface area contributed by atoms with E-state index in [1.807, 2.05) is 117 Å². The summed E-state index contributed by atoms with van der Waals surface area (Å²) in [4.78, 5) is 17.6. The molecule has 1 saturated heterocycles. The van der Waals surface area contributed by atoms with Gasteiger partial charge in [0.1, 0.15) is 5.75 Å². The number of nitrogens with zero attached hydrogens (tertiary/aromatic N) is 2. The summed E-state index contributed by atoms with van der Waals surface area (Å²) in [5.74, 6) is 0.705. The van der Waals surface area contributed by atoms with Crippen LogP contribution in [0, 0.1) is 0 Å². The molecule has 210 valence electrons. The van der Waals surface area contributed by atoms with Gasteiger partial charge < -0.3 is 14.5 Å². The van der Waals surface area contributed by atoms with E-state index in [4.69, 9.17) is 39.5 Å². The second-order valence-corrected chi connectivity index (χ2v) is 10.1. The van der Waals surface area contributed by atoms with E-state index in [0.29, 0.717) is 40.5 Å². The van der Waals surface area contributed by atoms with Crippen molar-refractivity contribution in [2.75, 3.05) is 24.5 Å². The molecule has 3 aromatic rings. The zero-order chi connectivity index (χ0) is 28.9. The minimum Gasteiger partial charge on any atom is -0.465 e. The number of carbonyl (C=O) groups excluding carboxylic acids is 1. The number of hydrogen-bond acceptors (Lipinski definition) is 3. The largest absolute Gasteiger partial charge is 0.465 e. The Bertz CT molecular complexity index is 1340. The normalized spacial score (nSPS) is 15.5. The van der Waals surface area contributed by atoms with Gasteiger partial charge in [0.15, 0.2) is 0 Å². The van der Waals surface area contributed by atoms with E-state index in [-0.39, 0.29) is 18.4 Å². The molecule has 0 radical (unpaired) electrons. The first-order valence-corrected chi connectivity index (χ1v) is 14.5.